The molecule has 1 atom stereocenters. The number of piperidine rings is 1. The average molecular weight is 535 g/mol. The molecule has 5 rings (SSSR count). The molecule has 7 nitrogen and oxygen atoms in total. The molecule has 1 aliphatic heterocycles. The van der Waals surface area contributed by atoms with E-state index in [1.165, 1.54) is 23.5 Å². The Morgan fingerprint density at radius 2 is 1.89 bits per heavy atom. The summed E-state index contributed by atoms with van der Waals surface area (Å²) in [5, 5.41) is 0.582. The highest BCUT2D eigenvalue weighted by Gasteiger charge is 2.31. The Bertz CT molecular complexity index is 1530. The maximum Gasteiger partial charge on any atom is 0.260 e. The first-order chi connectivity index (χ1) is 17.7. The van der Waals surface area contributed by atoms with Gasteiger partial charge in [0.15, 0.2) is 5.13 Å². The van der Waals surface area contributed by atoms with Crippen LogP contribution >= 0.6 is 11.3 Å². The summed E-state index contributed by atoms with van der Waals surface area (Å²) in [5.74, 6) is -0.255. The van der Waals surface area contributed by atoms with E-state index in [2.05, 4.69) is 11.1 Å². The van der Waals surface area contributed by atoms with Crippen LogP contribution in [0.15, 0.2) is 65.7 Å². The molecule has 9 heteroatoms. The third-order valence-electron chi connectivity index (χ3n) is 6.78. The van der Waals surface area contributed by atoms with Crippen molar-refractivity contribution in [3.63, 3.8) is 0 Å². The van der Waals surface area contributed by atoms with E-state index in [0.717, 1.165) is 46.3 Å². The van der Waals surface area contributed by atoms with Crippen molar-refractivity contribution in [3.8, 4) is 0 Å². The molecular weight excluding hydrogens is 504 g/mol. The fourth-order valence-corrected chi connectivity index (χ4v) is 7.56. The predicted molar refractivity (Wildman–Crippen MR) is 147 cm³/mol. The maximum atomic E-state index is 13.8. The Balaban J connectivity index is 1.49. The monoisotopic (exact) mass is 534 g/mol. The van der Waals surface area contributed by atoms with Crippen LogP contribution in [0.5, 0.6) is 0 Å². The highest BCUT2D eigenvalue weighted by atomic mass is 32.2. The van der Waals surface area contributed by atoms with Gasteiger partial charge in [0.2, 0.25) is 10.0 Å². The van der Waals surface area contributed by atoms with Crippen LogP contribution in [0.1, 0.15) is 53.4 Å². The van der Waals surface area contributed by atoms with Gasteiger partial charge >= 0.3 is 0 Å². The number of aromatic nitrogens is 2. The van der Waals surface area contributed by atoms with E-state index in [1.54, 1.807) is 27.5 Å². The first-order valence-corrected chi connectivity index (χ1v) is 14.7. The first kappa shape index (κ1) is 25.5. The van der Waals surface area contributed by atoms with Gasteiger partial charge in [-0.05, 0) is 87.2 Å². The molecule has 0 bridgehead atoms. The number of nitrogens with zero attached hydrogens (tertiary/aromatic N) is 4. The molecule has 192 valence electrons. The minimum atomic E-state index is -3.61. The van der Waals surface area contributed by atoms with E-state index in [1.807, 2.05) is 45.0 Å². The molecular formula is C28H30N4O3S2. The van der Waals surface area contributed by atoms with Gasteiger partial charge in [-0.25, -0.2) is 13.4 Å². The molecule has 0 aliphatic carbocycles. The van der Waals surface area contributed by atoms with Gasteiger partial charge in [-0.2, -0.15) is 4.31 Å². The van der Waals surface area contributed by atoms with E-state index >= 15 is 0 Å². The van der Waals surface area contributed by atoms with Crippen molar-refractivity contribution in [1.82, 2.24) is 14.3 Å². The van der Waals surface area contributed by atoms with Crippen LogP contribution in [0.4, 0.5) is 5.13 Å². The number of fused-ring (bicyclic) bond motifs is 1. The molecule has 0 radical (unpaired) electrons. The number of amides is 1. The lowest BCUT2D eigenvalue weighted by molar-refractivity contribution is 0.0984. The highest BCUT2D eigenvalue weighted by Crippen LogP contribution is 2.34. The molecule has 0 spiro atoms. The zero-order valence-corrected chi connectivity index (χ0v) is 22.8. The molecule has 0 saturated carbocycles. The van der Waals surface area contributed by atoms with Gasteiger partial charge in [0.25, 0.3) is 5.91 Å². The molecule has 1 amide bonds. The molecule has 1 unspecified atom stereocenters. The molecule has 1 fully saturated rings. The number of aryl methyl sites for hydroxylation is 2. The number of hydrogen-bond donors (Lipinski definition) is 0. The van der Waals surface area contributed by atoms with E-state index in [-0.39, 0.29) is 23.4 Å². The number of carbonyl (C=O) groups excluding carboxylic acids is 1. The van der Waals surface area contributed by atoms with Gasteiger partial charge < -0.3 is 0 Å². The van der Waals surface area contributed by atoms with Crippen molar-refractivity contribution in [3.05, 3.63) is 83.2 Å². The third-order valence-corrected chi connectivity index (χ3v) is 10.0. The number of thiazole rings is 1. The molecule has 37 heavy (non-hydrogen) atoms. The molecule has 2 aromatic heterocycles. The van der Waals surface area contributed by atoms with Crippen molar-refractivity contribution in [2.24, 2.45) is 0 Å². The van der Waals surface area contributed by atoms with Gasteiger partial charge in [-0.3, -0.25) is 14.7 Å². The number of hydrogen-bond acceptors (Lipinski definition) is 6. The van der Waals surface area contributed by atoms with Crippen LogP contribution in [0.3, 0.4) is 0 Å². The number of pyridine rings is 1. The fraction of sp³-hybridized carbons (Fsp3) is 0.321. The number of rotatable bonds is 6. The van der Waals surface area contributed by atoms with Crippen molar-refractivity contribution in [1.29, 1.82) is 0 Å². The molecule has 1 aliphatic rings. The van der Waals surface area contributed by atoms with Crippen LogP contribution in [0, 0.1) is 13.8 Å². The SMILES string of the molecule is Cc1cc(C)c2sc(N(Cc3ccccn3)C(=O)c3ccc(S(=O)(=O)N4CCCCC4C)cc3)nc2c1. The second-order valence-electron chi connectivity index (χ2n) is 9.62. The van der Waals surface area contributed by atoms with Crippen molar-refractivity contribution < 1.29 is 13.2 Å². The van der Waals surface area contributed by atoms with Crippen LogP contribution in [0.2, 0.25) is 0 Å². The Hall–Kier alpha value is -3.14. The van der Waals surface area contributed by atoms with E-state index < -0.39 is 10.0 Å². The normalized spacial score (nSPS) is 16.7. The standard InChI is InChI=1S/C28H30N4O3S2/c1-19-16-20(2)26-25(17-19)30-28(36-26)31(18-23-9-4-6-14-29-23)27(33)22-10-12-24(13-11-22)37(34,35)32-15-7-5-8-21(32)3/h4,6,9-14,16-17,21H,5,7-8,15,18H2,1-3H3. The lowest BCUT2D eigenvalue weighted by atomic mass is 10.1. The Labute approximate surface area is 221 Å². The van der Waals surface area contributed by atoms with Crippen LogP contribution in [-0.2, 0) is 16.6 Å². The first-order valence-electron chi connectivity index (χ1n) is 12.5. The lowest BCUT2D eigenvalue weighted by Crippen LogP contribution is -2.41. The van der Waals surface area contributed by atoms with Crippen LogP contribution in [0.25, 0.3) is 10.2 Å². The van der Waals surface area contributed by atoms with E-state index in [9.17, 15) is 13.2 Å². The minimum absolute atomic E-state index is 0.0277. The summed E-state index contributed by atoms with van der Waals surface area (Å²) >= 11 is 1.47. The maximum absolute atomic E-state index is 13.8. The summed E-state index contributed by atoms with van der Waals surface area (Å²) in [6, 6.07) is 16.0. The largest absolute Gasteiger partial charge is 0.278 e. The van der Waals surface area contributed by atoms with E-state index in [0.29, 0.717) is 17.2 Å². The molecule has 1 saturated heterocycles. The number of anilines is 1. The van der Waals surface area contributed by atoms with Gasteiger partial charge in [-0.15, -0.1) is 0 Å². The van der Waals surface area contributed by atoms with Gasteiger partial charge in [0, 0.05) is 24.3 Å². The number of benzene rings is 2. The van der Waals surface area contributed by atoms with Crippen molar-refractivity contribution in [2.75, 3.05) is 11.4 Å². The molecule has 2 aromatic carbocycles. The quantitative estimate of drug-likeness (QED) is 0.316. The second kappa shape index (κ2) is 10.3. The second-order valence-corrected chi connectivity index (χ2v) is 12.5. The topological polar surface area (TPSA) is 83.5 Å². The molecule has 0 N–H and O–H groups in total. The van der Waals surface area contributed by atoms with Crippen LogP contribution < -0.4 is 4.90 Å². The zero-order chi connectivity index (χ0) is 26.2. The summed E-state index contributed by atoms with van der Waals surface area (Å²) in [5.41, 5.74) is 4.22. The molecule has 4 aromatic rings. The Kier molecular flexibility index (Phi) is 7.11. The Morgan fingerprint density at radius 1 is 1.11 bits per heavy atom. The molecule has 3 heterocycles. The Morgan fingerprint density at radius 3 is 2.59 bits per heavy atom. The van der Waals surface area contributed by atoms with Gasteiger partial charge in [0.05, 0.1) is 27.4 Å². The van der Waals surface area contributed by atoms with E-state index in [4.69, 9.17) is 4.98 Å². The van der Waals surface area contributed by atoms with Gasteiger partial charge in [0.1, 0.15) is 0 Å². The summed E-state index contributed by atoms with van der Waals surface area (Å²) in [6.07, 6.45) is 4.46. The average Bonchev–Trinajstić information content (AvgIpc) is 3.32. The fourth-order valence-electron chi connectivity index (χ4n) is 4.85. The number of sulfonamides is 1. The van der Waals surface area contributed by atoms with Crippen LogP contribution in [-0.4, -0.2) is 41.2 Å². The highest BCUT2D eigenvalue weighted by molar-refractivity contribution is 7.89. The van der Waals surface area contributed by atoms with Crippen molar-refractivity contribution >= 4 is 42.6 Å². The summed E-state index contributed by atoms with van der Waals surface area (Å²) in [4.78, 5) is 24.8. The third kappa shape index (κ3) is 5.16. The minimum Gasteiger partial charge on any atom is -0.278 e. The predicted octanol–water partition coefficient (Wildman–Crippen LogP) is 5.72. The summed E-state index contributed by atoms with van der Waals surface area (Å²) in [6.45, 7) is 6.81. The summed E-state index contributed by atoms with van der Waals surface area (Å²) in [7, 11) is -3.61. The van der Waals surface area contributed by atoms with Gasteiger partial charge in [-0.1, -0.05) is 29.9 Å². The number of carbonyl (C=O) groups is 1. The van der Waals surface area contributed by atoms with Crippen molar-refractivity contribution in [2.45, 2.75) is 57.5 Å². The zero-order valence-electron chi connectivity index (χ0n) is 21.2. The summed E-state index contributed by atoms with van der Waals surface area (Å²) < 4.78 is 29.1. The smallest absolute Gasteiger partial charge is 0.260 e. The lowest BCUT2D eigenvalue weighted by Gasteiger charge is -2.32.